The highest BCUT2D eigenvalue weighted by molar-refractivity contribution is 5.82. The predicted molar refractivity (Wildman–Crippen MR) is 79.6 cm³/mol. The van der Waals surface area contributed by atoms with Crippen molar-refractivity contribution in [3.63, 3.8) is 0 Å². The van der Waals surface area contributed by atoms with Gasteiger partial charge in [-0.05, 0) is 17.7 Å². The maximum Gasteiger partial charge on any atom is 0.231 e. The minimum absolute atomic E-state index is 0.291. The van der Waals surface area contributed by atoms with E-state index in [2.05, 4.69) is 10.3 Å². The average molecular weight is 297 g/mol. The van der Waals surface area contributed by atoms with Crippen LogP contribution < -0.4 is 5.32 Å². The Kier molecular flexibility index (Phi) is 3.82. The van der Waals surface area contributed by atoms with Crippen molar-refractivity contribution >= 4 is 5.91 Å². The SMILES string of the molecule is O=C(N[C@H](c1ccccc1)c1ccccn1)[C@H]1C[C@@H]1[N+](=O)[O-]. The number of hydrogen-bond donors (Lipinski definition) is 1. The number of carbonyl (C=O) groups excluding carboxylic acids is 1. The molecule has 0 unspecified atom stereocenters. The second-order valence-electron chi connectivity index (χ2n) is 5.30. The molecular formula is C16H15N3O3. The summed E-state index contributed by atoms with van der Waals surface area (Å²) in [6.07, 6.45) is 1.97. The van der Waals surface area contributed by atoms with Gasteiger partial charge >= 0.3 is 0 Å². The van der Waals surface area contributed by atoms with Crippen molar-refractivity contribution in [2.24, 2.45) is 5.92 Å². The van der Waals surface area contributed by atoms with Crippen LogP contribution in [0.2, 0.25) is 0 Å². The summed E-state index contributed by atoms with van der Waals surface area (Å²) in [7, 11) is 0. The summed E-state index contributed by atoms with van der Waals surface area (Å²) in [5.74, 6) is -0.828. The van der Waals surface area contributed by atoms with Gasteiger partial charge in [0.2, 0.25) is 11.9 Å². The topological polar surface area (TPSA) is 85.1 Å². The molecule has 0 aliphatic heterocycles. The number of nitrogens with zero attached hydrogens (tertiary/aromatic N) is 2. The zero-order chi connectivity index (χ0) is 15.5. The number of nitro groups is 1. The highest BCUT2D eigenvalue weighted by Gasteiger charge is 2.53. The maximum absolute atomic E-state index is 12.2. The Bertz CT molecular complexity index is 636. The molecule has 1 aliphatic rings. The van der Waals surface area contributed by atoms with E-state index < -0.39 is 18.0 Å². The maximum atomic E-state index is 12.2. The average Bonchev–Trinajstić information content (AvgIpc) is 3.35. The summed E-state index contributed by atoms with van der Waals surface area (Å²) >= 11 is 0. The van der Waals surface area contributed by atoms with Crippen LogP contribution in [0.4, 0.5) is 0 Å². The number of hydrogen-bond acceptors (Lipinski definition) is 4. The molecule has 6 heteroatoms. The molecule has 6 nitrogen and oxygen atoms in total. The fourth-order valence-electron chi connectivity index (χ4n) is 2.47. The largest absolute Gasteiger partial charge is 0.343 e. The fraction of sp³-hybridized carbons (Fsp3) is 0.250. The number of nitrogens with one attached hydrogen (secondary N) is 1. The Balaban J connectivity index is 1.81. The Morgan fingerprint density at radius 3 is 2.55 bits per heavy atom. The summed E-state index contributed by atoms with van der Waals surface area (Å²) in [5, 5.41) is 13.6. The van der Waals surface area contributed by atoms with Gasteiger partial charge in [-0.2, -0.15) is 0 Å². The van der Waals surface area contributed by atoms with Crippen LogP contribution in [0.25, 0.3) is 0 Å². The van der Waals surface area contributed by atoms with Crippen molar-refractivity contribution in [3.05, 3.63) is 76.1 Å². The molecule has 3 atom stereocenters. The van der Waals surface area contributed by atoms with Crippen molar-refractivity contribution in [3.8, 4) is 0 Å². The van der Waals surface area contributed by atoms with Gasteiger partial charge in [-0.25, -0.2) is 0 Å². The molecule has 3 rings (SSSR count). The molecule has 1 fully saturated rings. The van der Waals surface area contributed by atoms with Gasteiger partial charge in [0.1, 0.15) is 5.92 Å². The number of carbonyl (C=O) groups is 1. The monoisotopic (exact) mass is 297 g/mol. The third kappa shape index (κ3) is 2.95. The van der Waals surface area contributed by atoms with Gasteiger partial charge in [-0.1, -0.05) is 36.4 Å². The van der Waals surface area contributed by atoms with Crippen LogP contribution in [0.5, 0.6) is 0 Å². The smallest absolute Gasteiger partial charge is 0.231 e. The molecule has 1 heterocycles. The number of amides is 1. The first-order valence-corrected chi connectivity index (χ1v) is 7.06. The van der Waals surface area contributed by atoms with Gasteiger partial charge in [0, 0.05) is 17.5 Å². The molecule has 112 valence electrons. The summed E-state index contributed by atoms with van der Waals surface area (Å²) < 4.78 is 0. The van der Waals surface area contributed by atoms with Gasteiger partial charge in [0.15, 0.2) is 0 Å². The number of rotatable bonds is 5. The first-order valence-electron chi connectivity index (χ1n) is 7.06. The van der Waals surface area contributed by atoms with Gasteiger partial charge in [0.25, 0.3) is 0 Å². The second kappa shape index (κ2) is 5.93. The van der Waals surface area contributed by atoms with Crippen LogP contribution in [-0.2, 0) is 4.79 Å². The van der Waals surface area contributed by atoms with Crippen molar-refractivity contribution in [2.45, 2.75) is 18.5 Å². The quantitative estimate of drug-likeness (QED) is 0.675. The number of pyridine rings is 1. The molecule has 1 amide bonds. The van der Waals surface area contributed by atoms with Crippen LogP contribution in [0.1, 0.15) is 23.7 Å². The van der Waals surface area contributed by atoms with Crippen LogP contribution in [0.15, 0.2) is 54.7 Å². The van der Waals surface area contributed by atoms with E-state index in [4.69, 9.17) is 0 Å². The second-order valence-corrected chi connectivity index (χ2v) is 5.30. The van der Waals surface area contributed by atoms with Gasteiger partial charge < -0.3 is 5.32 Å². The Morgan fingerprint density at radius 1 is 1.23 bits per heavy atom. The van der Waals surface area contributed by atoms with Gasteiger partial charge in [-0.15, -0.1) is 0 Å². The molecule has 1 aliphatic carbocycles. The van der Waals surface area contributed by atoms with Crippen molar-refractivity contribution < 1.29 is 9.72 Å². The lowest BCUT2D eigenvalue weighted by molar-refractivity contribution is -0.497. The first kappa shape index (κ1) is 14.2. The van der Waals surface area contributed by atoms with Gasteiger partial charge in [0.05, 0.1) is 11.7 Å². The number of aromatic nitrogens is 1. The summed E-state index contributed by atoms with van der Waals surface area (Å²) in [6.45, 7) is 0. The van der Waals surface area contributed by atoms with Crippen LogP contribution in [0.3, 0.4) is 0 Å². The zero-order valence-electron chi connectivity index (χ0n) is 11.8. The minimum Gasteiger partial charge on any atom is -0.343 e. The van der Waals surface area contributed by atoms with E-state index in [9.17, 15) is 14.9 Å². The predicted octanol–water partition coefficient (Wildman–Crippen LogP) is 1.95. The summed E-state index contributed by atoms with van der Waals surface area (Å²) in [4.78, 5) is 26.9. The molecule has 0 bridgehead atoms. The van der Waals surface area contributed by atoms with Crippen LogP contribution >= 0.6 is 0 Å². The third-order valence-corrected chi connectivity index (χ3v) is 3.77. The molecule has 1 N–H and O–H groups in total. The molecule has 22 heavy (non-hydrogen) atoms. The highest BCUT2D eigenvalue weighted by Crippen LogP contribution is 2.34. The van der Waals surface area contributed by atoms with Crippen molar-refractivity contribution in [1.82, 2.24) is 10.3 Å². The third-order valence-electron chi connectivity index (χ3n) is 3.77. The first-order chi connectivity index (χ1) is 10.7. The highest BCUT2D eigenvalue weighted by atomic mass is 16.6. The van der Waals surface area contributed by atoms with E-state index in [1.54, 1.807) is 12.3 Å². The van der Waals surface area contributed by atoms with Crippen molar-refractivity contribution in [1.29, 1.82) is 0 Å². The summed E-state index contributed by atoms with van der Waals surface area (Å²) in [5.41, 5.74) is 1.60. The molecule has 0 radical (unpaired) electrons. The van der Waals surface area contributed by atoms with E-state index >= 15 is 0 Å². The van der Waals surface area contributed by atoms with Gasteiger partial charge in [-0.3, -0.25) is 19.9 Å². The van der Waals surface area contributed by atoms with Crippen LogP contribution in [0, 0.1) is 16.0 Å². The lowest BCUT2D eigenvalue weighted by Gasteiger charge is -2.18. The minimum atomic E-state index is -0.750. The molecule has 2 aromatic rings. The summed E-state index contributed by atoms with van der Waals surface area (Å²) in [6, 6.07) is 13.8. The lowest BCUT2D eigenvalue weighted by atomic mass is 10.0. The molecule has 1 aromatic heterocycles. The van der Waals surface area contributed by atoms with E-state index in [1.165, 1.54) is 0 Å². The Hall–Kier alpha value is -2.76. The molecular weight excluding hydrogens is 282 g/mol. The Morgan fingerprint density at radius 2 is 1.95 bits per heavy atom. The molecule has 1 saturated carbocycles. The zero-order valence-corrected chi connectivity index (χ0v) is 11.8. The van der Waals surface area contributed by atoms with Crippen molar-refractivity contribution in [2.75, 3.05) is 0 Å². The molecule has 1 aromatic carbocycles. The Labute approximate surface area is 127 Å². The fourth-order valence-corrected chi connectivity index (χ4v) is 2.47. The molecule has 0 saturated heterocycles. The van der Waals surface area contributed by atoms with E-state index in [1.807, 2.05) is 42.5 Å². The normalized spacial score (nSPS) is 20.9. The van der Waals surface area contributed by atoms with Crippen LogP contribution in [-0.4, -0.2) is 21.9 Å². The number of benzene rings is 1. The van der Waals surface area contributed by atoms with E-state index in [-0.39, 0.29) is 10.8 Å². The molecule has 0 spiro atoms. The van der Waals surface area contributed by atoms with E-state index in [0.717, 1.165) is 5.56 Å². The van der Waals surface area contributed by atoms with E-state index in [0.29, 0.717) is 12.1 Å². The standard InChI is InChI=1S/C16H15N3O3/c20-16(12-10-14(12)19(21)22)18-15(11-6-2-1-3-7-11)13-8-4-5-9-17-13/h1-9,12,14-15H,10H2,(H,18,20)/t12-,14-,15+/m0/s1. The lowest BCUT2D eigenvalue weighted by Crippen LogP contribution is -2.32.